The lowest BCUT2D eigenvalue weighted by Gasteiger charge is -2.27. The maximum atomic E-state index is 13.1. The standard InChI is InChI=1S/C22H33N5O4S3/c1-13-11-9-10-12-15(13)32-20(24)33-18(28)16(17(25-8)27-34-14(2)23)26-31-22(6,7)19(29)30-21(3,4)5/h9-12,14,24H,23H2,1-8H3,(H,25,27)/b24-20?,26-16-. The third kappa shape index (κ3) is 10.5. The summed E-state index contributed by atoms with van der Waals surface area (Å²) in [4.78, 5) is 36.0. The summed E-state index contributed by atoms with van der Waals surface area (Å²) in [6.07, 6.45) is 0. The van der Waals surface area contributed by atoms with Crippen LogP contribution in [0.3, 0.4) is 0 Å². The van der Waals surface area contributed by atoms with E-state index in [0.29, 0.717) is 11.8 Å². The second-order valence-corrected chi connectivity index (χ2v) is 12.1. The first-order valence-electron chi connectivity index (χ1n) is 10.3. The Hall–Kier alpha value is -2.02. The minimum atomic E-state index is -1.47. The smallest absolute Gasteiger partial charge is 0.353 e. The maximum absolute atomic E-state index is 13.1. The Kier molecular flexibility index (Phi) is 11.6. The molecule has 0 spiro atoms. The van der Waals surface area contributed by atoms with Crippen molar-refractivity contribution in [3.63, 3.8) is 0 Å². The number of rotatable bonds is 8. The van der Waals surface area contributed by atoms with E-state index in [0.717, 1.165) is 34.2 Å². The number of nitrogens with one attached hydrogen (secondary N) is 2. The molecule has 0 fully saturated rings. The van der Waals surface area contributed by atoms with Gasteiger partial charge in [-0.1, -0.05) is 35.1 Å². The summed E-state index contributed by atoms with van der Waals surface area (Å²) in [6.45, 7) is 11.9. The monoisotopic (exact) mass is 527 g/mol. The molecule has 1 aromatic rings. The average molecular weight is 528 g/mol. The molecule has 0 saturated carbocycles. The lowest BCUT2D eigenvalue weighted by molar-refractivity contribution is -0.179. The van der Waals surface area contributed by atoms with Gasteiger partial charge in [0.2, 0.25) is 5.60 Å². The molecule has 0 heterocycles. The molecule has 0 aromatic heterocycles. The molecule has 1 unspecified atom stereocenters. The molecule has 1 rings (SSSR count). The van der Waals surface area contributed by atoms with Gasteiger partial charge >= 0.3 is 5.97 Å². The van der Waals surface area contributed by atoms with E-state index < -0.39 is 22.3 Å². The molecule has 0 aliphatic heterocycles. The number of benzene rings is 1. The lowest BCUT2D eigenvalue weighted by Crippen LogP contribution is -2.41. The van der Waals surface area contributed by atoms with Crippen molar-refractivity contribution in [1.29, 1.82) is 5.41 Å². The molecule has 188 valence electrons. The Balaban J connectivity index is 3.14. The molecule has 0 bridgehead atoms. The van der Waals surface area contributed by atoms with E-state index in [1.54, 1.807) is 27.7 Å². The Labute approximate surface area is 214 Å². The van der Waals surface area contributed by atoms with Gasteiger partial charge in [0.1, 0.15) is 9.98 Å². The molecular weight excluding hydrogens is 494 g/mol. The molecule has 0 aliphatic rings. The van der Waals surface area contributed by atoms with Crippen molar-refractivity contribution in [3.05, 3.63) is 29.8 Å². The molecule has 34 heavy (non-hydrogen) atoms. The van der Waals surface area contributed by atoms with Crippen LogP contribution in [0.2, 0.25) is 0 Å². The van der Waals surface area contributed by atoms with Gasteiger partial charge in [0, 0.05) is 11.9 Å². The van der Waals surface area contributed by atoms with Crippen LogP contribution in [-0.2, 0) is 19.2 Å². The fourth-order valence-electron chi connectivity index (χ4n) is 2.05. The summed E-state index contributed by atoms with van der Waals surface area (Å²) in [6, 6.07) is 7.58. The zero-order valence-electron chi connectivity index (χ0n) is 20.7. The van der Waals surface area contributed by atoms with Crippen LogP contribution < -0.4 is 10.5 Å². The average Bonchev–Trinajstić information content (AvgIpc) is 2.70. The molecule has 1 aromatic carbocycles. The number of hydrogen-bond donors (Lipinski definition) is 3. The van der Waals surface area contributed by atoms with Gasteiger partial charge in [-0.15, -0.1) is 0 Å². The van der Waals surface area contributed by atoms with Gasteiger partial charge in [0.05, 0.1) is 5.37 Å². The van der Waals surface area contributed by atoms with Crippen LogP contribution in [0.25, 0.3) is 0 Å². The third-order valence-corrected chi connectivity index (χ3v) is 6.33. The summed E-state index contributed by atoms with van der Waals surface area (Å²) in [5, 5.41) is 11.4. The van der Waals surface area contributed by atoms with E-state index in [2.05, 4.69) is 14.9 Å². The van der Waals surface area contributed by atoms with E-state index in [9.17, 15) is 9.59 Å². The maximum Gasteiger partial charge on any atom is 0.353 e. The molecular formula is C22H33N5O4S3. The molecule has 4 N–H and O–H groups in total. The van der Waals surface area contributed by atoms with Gasteiger partial charge in [-0.25, -0.2) is 4.79 Å². The minimum Gasteiger partial charge on any atom is -0.457 e. The van der Waals surface area contributed by atoms with Crippen LogP contribution in [0.5, 0.6) is 0 Å². The Morgan fingerprint density at radius 1 is 1.18 bits per heavy atom. The van der Waals surface area contributed by atoms with Crippen molar-refractivity contribution in [2.45, 2.75) is 69.9 Å². The van der Waals surface area contributed by atoms with Crippen LogP contribution in [0.4, 0.5) is 0 Å². The zero-order valence-corrected chi connectivity index (χ0v) is 23.2. The minimum absolute atomic E-state index is 0.0497. The molecule has 0 aliphatic carbocycles. The van der Waals surface area contributed by atoms with Crippen LogP contribution >= 0.6 is 35.5 Å². The van der Waals surface area contributed by atoms with Gasteiger partial charge < -0.3 is 20.0 Å². The summed E-state index contributed by atoms with van der Waals surface area (Å²) in [5.41, 5.74) is 4.39. The fraction of sp³-hybridized carbons (Fsp3) is 0.500. The number of aliphatic imine (C=N–C) groups is 1. The predicted octanol–water partition coefficient (Wildman–Crippen LogP) is 4.35. The van der Waals surface area contributed by atoms with Crippen molar-refractivity contribution in [1.82, 2.24) is 4.72 Å². The van der Waals surface area contributed by atoms with Crippen LogP contribution in [0.1, 0.15) is 47.1 Å². The van der Waals surface area contributed by atoms with Crippen molar-refractivity contribution in [3.8, 4) is 0 Å². The number of esters is 1. The van der Waals surface area contributed by atoms with Crippen molar-refractivity contribution in [2.24, 2.45) is 15.9 Å². The van der Waals surface area contributed by atoms with Crippen molar-refractivity contribution in [2.75, 3.05) is 7.05 Å². The molecule has 12 heteroatoms. The normalized spacial score (nSPS) is 13.8. The molecule has 1 atom stereocenters. The number of thioether (sulfide) groups is 2. The second-order valence-electron chi connectivity index (χ2n) is 8.59. The van der Waals surface area contributed by atoms with Gasteiger partial charge in [0.15, 0.2) is 11.5 Å². The number of nitrogens with zero attached hydrogens (tertiary/aromatic N) is 2. The lowest BCUT2D eigenvalue weighted by atomic mass is 10.1. The first-order chi connectivity index (χ1) is 15.7. The van der Waals surface area contributed by atoms with Gasteiger partial charge in [-0.05, 0) is 83.8 Å². The Morgan fingerprint density at radius 2 is 1.79 bits per heavy atom. The number of nitrogens with two attached hydrogens (primary N) is 1. The molecule has 0 amide bonds. The van der Waals surface area contributed by atoms with Crippen LogP contribution in [-0.4, -0.2) is 50.6 Å². The van der Waals surface area contributed by atoms with Crippen molar-refractivity contribution < 1.29 is 19.2 Å². The van der Waals surface area contributed by atoms with E-state index in [-0.39, 0.29) is 21.3 Å². The summed E-state index contributed by atoms with van der Waals surface area (Å²) in [5.74, 6) is -0.535. The zero-order chi connectivity index (χ0) is 26.1. The first kappa shape index (κ1) is 30.0. The number of amidine groups is 1. The molecule has 0 saturated heterocycles. The Bertz CT molecular complexity index is 956. The second kappa shape index (κ2) is 13.2. The highest BCUT2D eigenvalue weighted by Gasteiger charge is 2.36. The van der Waals surface area contributed by atoms with E-state index in [1.165, 1.54) is 20.9 Å². The van der Waals surface area contributed by atoms with Gasteiger partial charge in [-0.3, -0.25) is 15.2 Å². The fourth-order valence-corrected chi connectivity index (χ4v) is 4.17. The number of ether oxygens (including phenoxy) is 1. The summed E-state index contributed by atoms with van der Waals surface area (Å²) < 4.78 is 8.31. The number of carbonyl (C=O) groups excluding carboxylic acids is 2. The van der Waals surface area contributed by atoms with Crippen LogP contribution in [0.15, 0.2) is 39.3 Å². The quantitative estimate of drug-likeness (QED) is 0.0856. The SMILES string of the molecule is CN=C(NSC(C)N)/C(=N/OC(C)(C)C(=O)OC(C)(C)C)C(=O)SC(=N)Sc1ccccc1C. The first-order valence-corrected chi connectivity index (χ1v) is 12.9. The Morgan fingerprint density at radius 3 is 2.32 bits per heavy atom. The van der Waals surface area contributed by atoms with E-state index in [1.807, 2.05) is 31.2 Å². The van der Waals surface area contributed by atoms with E-state index >= 15 is 0 Å². The van der Waals surface area contributed by atoms with Crippen LogP contribution in [0, 0.1) is 12.3 Å². The largest absolute Gasteiger partial charge is 0.457 e. The molecule has 0 radical (unpaired) electrons. The number of oxime groups is 1. The highest BCUT2D eigenvalue weighted by atomic mass is 32.2. The highest BCUT2D eigenvalue weighted by Crippen LogP contribution is 2.28. The van der Waals surface area contributed by atoms with Gasteiger partial charge in [-0.2, -0.15) is 0 Å². The summed E-state index contributed by atoms with van der Waals surface area (Å²) >= 11 is 2.96. The third-order valence-electron chi connectivity index (χ3n) is 3.72. The summed E-state index contributed by atoms with van der Waals surface area (Å²) in [7, 11) is 1.48. The number of hydrogen-bond acceptors (Lipinski definition) is 11. The van der Waals surface area contributed by atoms with Gasteiger partial charge in [0.25, 0.3) is 5.12 Å². The molecule has 9 nitrogen and oxygen atoms in total. The predicted molar refractivity (Wildman–Crippen MR) is 144 cm³/mol. The number of aryl methyl sites for hydroxylation is 1. The highest BCUT2D eigenvalue weighted by molar-refractivity contribution is 8.45. The van der Waals surface area contributed by atoms with Crippen molar-refractivity contribution >= 4 is 62.5 Å². The topological polar surface area (TPSA) is 139 Å². The van der Waals surface area contributed by atoms with E-state index in [4.69, 9.17) is 20.7 Å². The number of carbonyl (C=O) groups is 2.